The number of likely N-dealkylation sites (tertiary alicyclic amines) is 1. The van der Waals surface area contributed by atoms with E-state index in [1.54, 1.807) is 16.4 Å². The van der Waals surface area contributed by atoms with E-state index in [0.717, 1.165) is 5.56 Å². The van der Waals surface area contributed by atoms with Crippen LogP contribution in [0, 0.1) is 0 Å². The average Bonchev–Trinajstić information content (AvgIpc) is 3.06. The third-order valence-corrected chi connectivity index (χ3v) is 4.36. The van der Waals surface area contributed by atoms with Crippen molar-refractivity contribution in [3.05, 3.63) is 18.0 Å². The third kappa shape index (κ3) is 8.71. The second-order valence-corrected chi connectivity index (χ2v) is 6.81. The summed E-state index contributed by atoms with van der Waals surface area (Å²) in [5.74, 6) is -1.42. The lowest BCUT2D eigenvalue weighted by molar-refractivity contribution is -0.139. The van der Waals surface area contributed by atoms with Gasteiger partial charge in [-0.15, -0.1) is 0 Å². The van der Waals surface area contributed by atoms with Crippen molar-refractivity contribution >= 4 is 11.8 Å². The number of aromatic nitrogens is 2. The van der Waals surface area contributed by atoms with Gasteiger partial charge in [-0.3, -0.25) is 19.2 Å². The van der Waals surface area contributed by atoms with E-state index >= 15 is 0 Å². The van der Waals surface area contributed by atoms with E-state index < -0.39 is 37.3 Å². The lowest BCUT2D eigenvalue weighted by atomic mass is 9.91. The van der Waals surface area contributed by atoms with Crippen LogP contribution in [0.5, 0.6) is 0 Å². The Balaban J connectivity index is 1.74. The van der Waals surface area contributed by atoms with Gasteiger partial charge in [-0.25, -0.2) is 0 Å². The standard InChI is InChI=1S/C16H21F6N5O2/c17-15(18,19)9-23-13(28)7-26-3-1-11(2-4-26)12-5-25-27(6-12)8-14(29)24-10-16(20,21)22/h5-6,11H,1-4,7-10H2,(H,23,28)(H,24,29). The molecule has 0 saturated carbocycles. The van der Waals surface area contributed by atoms with Gasteiger partial charge in [0.2, 0.25) is 11.8 Å². The molecule has 0 spiro atoms. The molecule has 29 heavy (non-hydrogen) atoms. The lowest BCUT2D eigenvalue weighted by Gasteiger charge is -2.31. The van der Waals surface area contributed by atoms with Crippen molar-refractivity contribution in [1.29, 1.82) is 0 Å². The minimum absolute atomic E-state index is 0.0801. The number of rotatable bonds is 7. The first-order chi connectivity index (χ1) is 13.4. The molecule has 2 amide bonds. The van der Waals surface area contributed by atoms with E-state index in [4.69, 9.17) is 0 Å². The highest BCUT2D eigenvalue weighted by Gasteiger charge is 2.29. The molecule has 1 aliphatic heterocycles. The van der Waals surface area contributed by atoms with Gasteiger partial charge in [0.15, 0.2) is 0 Å². The number of hydrogen-bond donors (Lipinski definition) is 2. The Hall–Kier alpha value is -2.31. The molecule has 0 aromatic carbocycles. The van der Waals surface area contributed by atoms with Gasteiger partial charge in [-0.1, -0.05) is 0 Å². The molecule has 0 unspecified atom stereocenters. The van der Waals surface area contributed by atoms with Gasteiger partial charge in [0.1, 0.15) is 19.6 Å². The molecule has 1 aromatic heterocycles. The Labute approximate surface area is 162 Å². The highest BCUT2D eigenvalue weighted by atomic mass is 19.4. The summed E-state index contributed by atoms with van der Waals surface area (Å²) >= 11 is 0. The van der Waals surface area contributed by atoms with Crippen LogP contribution in [0.25, 0.3) is 0 Å². The molecular weight excluding hydrogens is 408 g/mol. The van der Waals surface area contributed by atoms with Crippen LogP contribution in [-0.2, 0) is 16.1 Å². The van der Waals surface area contributed by atoms with Gasteiger partial charge < -0.3 is 10.6 Å². The average molecular weight is 429 g/mol. The predicted molar refractivity (Wildman–Crippen MR) is 88.8 cm³/mol. The zero-order valence-corrected chi connectivity index (χ0v) is 15.3. The quantitative estimate of drug-likeness (QED) is 0.643. The number of carbonyl (C=O) groups is 2. The van der Waals surface area contributed by atoms with Crippen LogP contribution in [0.3, 0.4) is 0 Å². The number of nitrogens with one attached hydrogen (secondary N) is 2. The van der Waals surface area contributed by atoms with Gasteiger partial charge in [-0.2, -0.15) is 31.4 Å². The minimum Gasteiger partial charge on any atom is -0.346 e. The zero-order chi connectivity index (χ0) is 21.7. The van der Waals surface area contributed by atoms with Crippen molar-refractivity contribution in [2.24, 2.45) is 0 Å². The van der Waals surface area contributed by atoms with Gasteiger partial charge >= 0.3 is 12.4 Å². The smallest absolute Gasteiger partial charge is 0.346 e. The van der Waals surface area contributed by atoms with Gasteiger partial charge in [0.05, 0.1) is 12.7 Å². The van der Waals surface area contributed by atoms with Gasteiger partial charge in [0, 0.05) is 6.20 Å². The molecule has 0 aliphatic carbocycles. The lowest BCUT2D eigenvalue weighted by Crippen LogP contribution is -2.43. The van der Waals surface area contributed by atoms with Crippen molar-refractivity contribution in [1.82, 2.24) is 25.3 Å². The second kappa shape index (κ2) is 9.46. The van der Waals surface area contributed by atoms with Crippen LogP contribution >= 0.6 is 0 Å². The highest BCUT2D eigenvalue weighted by molar-refractivity contribution is 5.78. The molecule has 0 radical (unpaired) electrons. The van der Waals surface area contributed by atoms with E-state index in [1.165, 1.54) is 10.9 Å². The van der Waals surface area contributed by atoms with Crippen LogP contribution < -0.4 is 10.6 Å². The SMILES string of the molecule is O=C(CN1CCC(c2cnn(CC(=O)NCC(F)(F)F)c2)CC1)NCC(F)(F)F. The molecule has 164 valence electrons. The topological polar surface area (TPSA) is 79.3 Å². The number of piperidine rings is 1. The molecular formula is C16H21F6N5O2. The van der Waals surface area contributed by atoms with Gasteiger partial charge in [-0.05, 0) is 37.4 Å². The molecule has 2 rings (SSSR count). The van der Waals surface area contributed by atoms with Crippen molar-refractivity contribution in [3.63, 3.8) is 0 Å². The molecule has 13 heteroatoms. The normalized spacial score (nSPS) is 16.6. The van der Waals surface area contributed by atoms with Crippen LogP contribution in [0.1, 0.15) is 24.3 Å². The Kier molecular flexibility index (Phi) is 7.49. The van der Waals surface area contributed by atoms with Crippen LogP contribution in [-0.4, -0.2) is 71.6 Å². The fourth-order valence-corrected chi connectivity index (χ4v) is 2.96. The molecule has 0 bridgehead atoms. The van der Waals surface area contributed by atoms with E-state index in [1.807, 2.05) is 5.32 Å². The van der Waals surface area contributed by atoms with E-state index in [9.17, 15) is 35.9 Å². The van der Waals surface area contributed by atoms with Crippen molar-refractivity contribution in [2.75, 3.05) is 32.7 Å². The summed E-state index contributed by atoms with van der Waals surface area (Å²) < 4.78 is 73.8. The summed E-state index contributed by atoms with van der Waals surface area (Å²) in [5.41, 5.74) is 0.815. The summed E-state index contributed by atoms with van der Waals surface area (Å²) in [5, 5.41) is 7.57. The number of nitrogens with zero attached hydrogens (tertiary/aromatic N) is 3. The molecule has 1 aliphatic rings. The maximum atomic E-state index is 12.1. The first-order valence-electron chi connectivity index (χ1n) is 8.83. The number of hydrogen-bond acceptors (Lipinski definition) is 4. The second-order valence-electron chi connectivity index (χ2n) is 6.81. The maximum Gasteiger partial charge on any atom is 0.405 e. The van der Waals surface area contributed by atoms with E-state index in [-0.39, 0.29) is 19.0 Å². The predicted octanol–water partition coefficient (Wildman–Crippen LogP) is 1.42. The van der Waals surface area contributed by atoms with Crippen molar-refractivity contribution in [3.8, 4) is 0 Å². The molecule has 0 atom stereocenters. The fourth-order valence-electron chi connectivity index (χ4n) is 2.96. The van der Waals surface area contributed by atoms with Crippen molar-refractivity contribution in [2.45, 2.75) is 37.7 Å². The van der Waals surface area contributed by atoms with Crippen LogP contribution in [0.4, 0.5) is 26.3 Å². The molecule has 2 heterocycles. The zero-order valence-electron chi connectivity index (χ0n) is 15.3. The number of amides is 2. The highest BCUT2D eigenvalue weighted by Crippen LogP contribution is 2.27. The molecule has 1 saturated heterocycles. The first kappa shape index (κ1) is 23.0. The van der Waals surface area contributed by atoms with Crippen LogP contribution in [0.2, 0.25) is 0 Å². The monoisotopic (exact) mass is 429 g/mol. The largest absolute Gasteiger partial charge is 0.405 e. The summed E-state index contributed by atoms with van der Waals surface area (Å²) in [6, 6.07) is 0. The number of halogens is 6. The van der Waals surface area contributed by atoms with E-state index in [2.05, 4.69) is 5.10 Å². The maximum absolute atomic E-state index is 12.1. The Bertz CT molecular complexity index is 695. The molecule has 1 aromatic rings. The van der Waals surface area contributed by atoms with Crippen molar-refractivity contribution < 1.29 is 35.9 Å². The summed E-state index contributed by atoms with van der Waals surface area (Å²) in [6.45, 7) is -2.23. The first-order valence-corrected chi connectivity index (χ1v) is 8.83. The Morgan fingerprint density at radius 1 is 0.966 bits per heavy atom. The number of alkyl halides is 6. The summed E-state index contributed by atoms with van der Waals surface area (Å²) in [4.78, 5) is 24.8. The van der Waals surface area contributed by atoms with Gasteiger partial charge in [0.25, 0.3) is 0 Å². The molecule has 2 N–H and O–H groups in total. The third-order valence-electron chi connectivity index (χ3n) is 4.36. The van der Waals surface area contributed by atoms with E-state index in [0.29, 0.717) is 25.9 Å². The molecule has 1 fully saturated rings. The number of carbonyl (C=O) groups excluding carboxylic acids is 2. The van der Waals surface area contributed by atoms with Crippen LogP contribution in [0.15, 0.2) is 12.4 Å². The molecule has 7 nitrogen and oxygen atoms in total. The summed E-state index contributed by atoms with van der Waals surface area (Å²) in [7, 11) is 0. The minimum atomic E-state index is -4.48. The Morgan fingerprint density at radius 2 is 1.48 bits per heavy atom. The fraction of sp³-hybridized carbons (Fsp3) is 0.688. The Morgan fingerprint density at radius 3 is 2.00 bits per heavy atom. The summed E-state index contributed by atoms with van der Waals surface area (Å²) in [6.07, 6.45) is -4.54.